The van der Waals surface area contributed by atoms with Gasteiger partial charge in [-0.2, -0.15) is 0 Å². The van der Waals surface area contributed by atoms with Gasteiger partial charge in [-0.1, -0.05) is 24.3 Å². The van der Waals surface area contributed by atoms with Crippen molar-refractivity contribution in [3.05, 3.63) is 57.3 Å². The van der Waals surface area contributed by atoms with Crippen molar-refractivity contribution in [2.24, 2.45) is 0 Å². The van der Waals surface area contributed by atoms with Crippen molar-refractivity contribution in [3.63, 3.8) is 0 Å². The molecule has 1 aromatic carbocycles. The Morgan fingerprint density at radius 1 is 1.08 bits per heavy atom. The smallest absolute Gasteiger partial charge is 0.113 e. The molecular formula is C18H22O5S. The molecule has 130 valence electrons. The number of thiophene rings is 1. The van der Waals surface area contributed by atoms with Crippen molar-refractivity contribution in [3.8, 4) is 0 Å². The summed E-state index contributed by atoms with van der Waals surface area (Å²) in [4.78, 5) is 1.28. The Labute approximate surface area is 144 Å². The van der Waals surface area contributed by atoms with E-state index in [1.165, 1.54) is 10.4 Å². The average molecular weight is 350 g/mol. The summed E-state index contributed by atoms with van der Waals surface area (Å²) < 4.78 is 5.62. The Morgan fingerprint density at radius 3 is 2.54 bits per heavy atom. The van der Waals surface area contributed by atoms with E-state index in [0.717, 1.165) is 17.5 Å². The lowest BCUT2D eigenvalue weighted by Crippen LogP contribution is -2.55. The van der Waals surface area contributed by atoms with E-state index in [4.69, 9.17) is 4.74 Å². The summed E-state index contributed by atoms with van der Waals surface area (Å²) in [5.74, 6) is 0. The number of ether oxygens (including phenoxy) is 1. The van der Waals surface area contributed by atoms with Crippen LogP contribution in [0.4, 0.5) is 0 Å². The van der Waals surface area contributed by atoms with Crippen LogP contribution in [0.15, 0.2) is 35.7 Å². The van der Waals surface area contributed by atoms with Crippen molar-refractivity contribution < 1.29 is 25.2 Å². The molecule has 1 aliphatic rings. The molecule has 1 unspecified atom stereocenters. The van der Waals surface area contributed by atoms with Gasteiger partial charge in [0.05, 0.1) is 6.61 Å². The number of benzene rings is 1. The second-order valence-electron chi connectivity index (χ2n) is 6.20. The first-order valence-corrected chi connectivity index (χ1v) is 8.81. The van der Waals surface area contributed by atoms with Crippen LogP contribution >= 0.6 is 11.3 Å². The van der Waals surface area contributed by atoms with Crippen LogP contribution in [-0.2, 0) is 11.2 Å². The molecule has 0 saturated carbocycles. The van der Waals surface area contributed by atoms with Gasteiger partial charge in [-0.05, 0) is 35.1 Å². The van der Waals surface area contributed by atoms with Crippen molar-refractivity contribution in [2.45, 2.75) is 43.9 Å². The maximum Gasteiger partial charge on any atom is 0.113 e. The minimum absolute atomic E-state index is 0.421. The van der Waals surface area contributed by atoms with Gasteiger partial charge in [0.2, 0.25) is 0 Å². The lowest BCUT2D eigenvalue weighted by atomic mass is 9.90. The highest BCUT2D eigenvalue weighted by Crippen LogP contribution is 2.33. The Morgan fingerprint density at radius 2 is 1.88 bits per heavy atom. The molecule has 5 atom stereocenters. The third-order valence-electron chi connectivity index (χ3n) is 4.50. The Bertz CT molecular complexity index is 684. The van der Waals surface area contributed by atoms with Crippen molar-refractivity contribution in [2.75, 3.05) is 6.61 Å². The predicted molar refractivity (Wildman–Crippen MR) is 91.0 cm³/mol. The van der Waals surface area contributed by atoms with Crippen LogP contribution in [0.1, 0.15) is 27.7 Å². The summed E-state index contributed by atoms with van der Waals surface area (Å²) >= 11 is 1.70. The molecule has 1 aromatic heterocycles. The molecule has 0 amide bonds. The van der Waals surface area contributed by atoms with Crippen LogP contribution in [0.3, 0.4) is 0 Å². The highest BCUT2D eigenvalue weighted by atomic mass is 32.1. The summed E-state index contributed by atoms with van der Waals surface area (Å²) in [6.07, 6.45) is -4.83. The number of hydrogen-bond donors (Lipinski definition) is 4. The third kappa shape index (κ3) is 3.39. The lowest BCUT2D eigenvalue weighted by Gasteiger charge is -2.40. The molecule has 1 aliphatic heterocycles. The van der Waals surface area contributed by atoms with Gasteiger partial charge < -0.3 is 25.2 Å². The van der Waals surface area contributed by atoms with Gasteiger partial charge in [0, 0.05) is 11.3 Å². The van der Waals surface area contributed by atoms with Crippen molar-refractivity contribution in [1.82, 2.24) is 0 Å². The van der Waals surface area contributed by atoms with Gasteiger partial charge in [0.25, 0.3) is 0 Å². The molecule has 4 N–H and O–H groups in total. The molecule has 0 radical (unpaired) electrons. The fourth-order valence-corrected chi connectivity index (χ4v) is 3.97. The quantitative estimate of drug-likeness (QED) is 0.664. The van der Waals surface area contributed by atoms with E-state index in [9.17, 15) is 20.4 Å². The fraction of sp³-hybridized carbons (Fsp3) is 0.444. The fourth-order valence-electron chi connectivity index (χ4n) is 3.03. The standard InChI is InChI=1S/C18H22O5S/c1-10-5-6-24-14(10)8-11-3-2-4-12(7-11)18-17(22)16(21)15(20)13(9-19)23-18/h2-7,13,15-22H,8-9H2,1H3/t13-,15-,16?,17-,18+/m1/s1. The highest BCUT2D eigenvalue weighted by molar-refractivity contribution is 7.10. The molecule has 2 heterocycles. The molecule has 2 aromatic rings. The molecule has 1 saturated heterocycles. The van der Waals surface area contributed by atoms with Crippen LogP contribution in [-0.4, -0.2) is 51.4 Å². The van der Waals surface area contributed by atoms with Gasteiger partial charge in [0.1, 0.15) is 30.5 Å². The van der Waals surface area contributed by atoms with Crippen LogP contribution in [0.5, 0.6) is 0 Å². The van der Waals surface area contributed by atoms with E-state index in [2.05, 4.69) is 18.4 Å². The summed E-state index contributed by atoms with van der Waals surface area (Å²) in [5.41, 5.74) is 3.05. The largest absolute Gasteiger partial charge is 0.394 e. The normalized spacial score (nSPS) is 30.5. The number of hydrogen-bond acceptors (Lipinski definition) is 6. The van der Waals surface area contributed by atoms with Crippen LogP contribution in [0, 0.1) is 6.92 Å². The Balaban J connectivity index is 1.83. The number of aliphatic hydroxyl groups excluding tert-OH is 4. The molecule has 1 fully saturated rings. The first-order valence-electron chi connectivity index (χ1n) is 7.93. The molecule has 0 bridgehead atoms. The van der Waals surface area contributed by atoms with Gasteiger partial charge >= 0.3 is 0 Å². The van der Waals surface area contributed by atoms with Crippen molar-refractivity contribution in [1.29, 1.82) is 0 Å². The van der Waals surface area contributed by atoms with Gasteiger partial charge in [-0.3, -0.25) is 0 Å². The molecule has 24 heavy (non-hydrogen) atoms. The minimum Gasteiger partial charge on any atom is -0.394 e. The van der Waals surface area contributed by atoms with E-state index >= 15 is 0 Å². The highest BCUT2D eigenvalue weighted by Gasteiger charge is 2.43. The summed E-state index contributed by atoms with van der Waals surface area (Å²) in [6.45, 7) is 1.66. The maximum absolute atomic E-state index is 10.3. The number of aliphatic hydroxyl groups is 4. The molecule has 6 heteroatoms. The zero-order valence-electron chi connectivity index (χ0n) is 13.4. The van der Waals surface area contributed by atoms with Crippen molar-refractivity contribution >= 4 is 11.3 Å². The first kappa shape index (κ1) is 17.5. The van der Waals surface area contributed by atoms with E-state index < -0.39 is 37.1 Å². The lowest BCUT2D eigenvalue weighted by molar-refractivity contribution is -0.231. The van der Waals surface area contributed by atoms with E-state index in [0.29, 0.717) is 0 Å². The summed E-state index contributed by atoms with van der Waals surface area (Å²) in [6, 6.07) is 9.73. The molecular weight excluding hydrogens is 328 g/mol. The average Bonchev–Trinajstić information content (AvgIpc) is 2.98. The zero-order chi connectivity index (χ0) is 17.3. The second kappa shape index (κ2) is 7.31. The van der Waals surface area contributed by atoms with E-state index in [1.807, 2.05) is 24.3 Å². The van der Waals surface area contributed by atoms with E-state index in [1.54, 1.807) is 11.3 Å². The first-order chi connectivity index (χ1) is 11.5. The Hall–Kier alpha value is -1.28. The van der Waals surface area contributed by atoms with Crippen LogP contribution in [0.2, 0.25) is 0 Å². The zero-order valence-corrected chi connectivity index (χ0v) is 14.2. The second-order valence-corrected chi connectivity index (χ2v) is 7.20. The number of aryl methyl sites for hydroxylation is 1. The monoisotopic (exact) mass is 350 g/mol. The SMILES string of the molecule is Cc1ccsc1Cc1cccc([C@@H]2O[C@H](CO)[C@@H](O)C(O)[C@H]2O)c1. The van der Waals surface area contributed by atoms with E-state index in [-0.39, 0.29) is 0 Å². The topological polar surface area (TPSA) is 90.2 Å². The minimum atomic E-state index is -1.36. The summed E-state index contributed by atoms with van der Waals surface area (Å²) in [7, 11) is 0. The van der Waals surface area contributed by atoms with Gasteiger partial charge in [-0.15, -0.1) is 11.3 Å². The summed E-state index contributed by atoms with van der Waals surface area (Å²) in [5, 5.41) is 41.5. The predicted octanol–water partition coefficient (Wildman–Crippen LogP) is 1.16. The third-order valence-corrected chi connectivity index (χ3v) is 5.53. The molecule has 5 nitrogen and oxygen atoms in total. The number of rotatable bonds is 4. The van der Waals surface area contributed by atoms with Crippen LogP contribution < -0.4 is 0 Å². The van der Waals surface area contributed by atoms with Gasteiger partial charge in [0.15, 0.2) is 0 Å². The molecule has 0 spiro atoms. The van der Waals surface area contributed by atoms with Gasteiger partial charge in [-0.25, -0.2) is 0 Å². The molecule has 0 aliphatic carbocycles. The molecule has 3 rings (SSSR count). The maximum atomic E-state index is 10.3. The Kier molecular flexibility index (Phi) is 5.34. The van der Waals surface area contributed by atoms with Crippen LogP contribution in [0.25, 0.3) is 0 Å².